The number of carbonyl (C=O) groups excluding carboxylic acids is 2. The van der Waals surface area contributed by atoms with Crippen LogP contribution in [0, 0.1) is 12.7 Å². The molecule has 0 radical (unpaired) electrons. The van der Waals surface area contributed by atoms with Gasteiger partial charge in [-0.2, -0.15) is 9.78 Å². The van der Waals surface area contributed by atoms with E-state index in [1.54, 1.807) is 55.5 Å². The van der Waals surface area contributed by atoms with Crippen LogP contribution in [-0.4, -0.2) is 21.6 Å². The van der Waals surface area contributed by atoms with E-state index in [0.29, 0.717) is 22.2 Å². The first kappa shape index (κ1) is 22.7. The lowest BCUT2D eigenvalue weighted by Gasteiger charge is -2.12. The Balaban J connectivity index is 1.49. The highest BCUT2D eigenvalue weighted by Gasteiger charge is 2.19. The predicted octanol–water partition coefficient (Wildman–Crippen LogP) is 4.93. The molecule has 0 bridgehead atoms. The Morgan fingerprint density at radius 1 is 0.889 bits per heavy atom. The number of nitrogens with zero attached hydrogens (tertiary/aromatic N) is 2. The van der Waals surface area contributed by atoms with Crippen LogP contribution in [0.1, 0.15) is 26.6 Å². The Morgan fingerprint density at radius 3 is 2.33 bits per heavy atom. The van der Waals surface area contributed by atoms with E-state index >= 15 is 0 Å². The highest BCUT2D eigenvalue weighted by Crippen LogP contribution is 2.23. The molecule has 0 aliphatic heterocycles. The van der Waals surface area contributed by atoms with Crippen molar-refractivity contribution in [3.63, 3.8) is 0 Å². The molecule has 0 atom stereocenters. The maximum Gasteiger partial charge on any atom is 0.279 e. The molecule has 0 fully saturated rings. The van der Waals surface area contributed by atoms with Crippen molar-refractivity contribution >= 4 is 34.0 Å². The van der Waals surface area contributed by atoms with E-state index in [0.717, 1.165) is 6.07 Å². The third-order valence-electron chi connectivity index (χ3n) is 5.60. The van der Waals surface area contributed by atoms with Crippen LogP contribution in [0.25, 0.3) is 16.5 Å². The number of furan rings is 1. The smallest absolute Gasteiger partial charge is 0.279 e. The van der Waals surface area contributed by atoms with Crippen LogP contribution in [-0.2, 0) is 0 Å². The maximum atomic E-state index is 14.4. The number of nitrogens with one attached hydrogen (secondary N) is 2. The molecule has 2 N–H and O–H groups in total. The van der Waals surface area contributed by atoms with E-state index in [-0.39, 0.29) is 28.2 Å². The lowest BCUT2D eigenvalue weighted by Crippen LogP contribution is -2.26. The van der Waals surface area contributed by atoms with E-state index in [2.05, 4.69) is 15.7 Å². The Kier molecular flexibility index (Phi) is 5.87. The number of hydrogen-bond acceptors (Lipinski definition) is 5. The predicted molar refractivity (Wildman–Crippen MR) is 133 cm³/mol. The monoisotopic (exact) mass is 482 g/mol. The molecule has 8 nitrogen and oxygen atoms in total. The average molecular weight is 482 g/mol. The molecule has 0 saturated heterocycles. The van der Waals surface area contributed by atoms with Crippen LogP contribution in [0.3, 0.4) is 0 Å². The molecule has 2 amide bonds. The second kappa shape index (κ2) is 9.30. The number of halogens is 1. The molecular formula is C27H19FN4O4. The summed E-state index contributed by atoms with van der Waals surface area (Å²) >= 11 is 0. The Morgan fingerprint density at radius 2 is 1.61 bits per heavy atom. The van der Waals surface area contributed by atoms with Crippen LogP contribution in [0.2, 0.25) is 0 Å². The number of fused-ring (bicyclic) bond motifs is 1. The third kappa shape index (κ3) is 4.25. The van der Waals surface area contributed by atoms with Gasteiger partial charge >= 0.3 is 0 Å². The zero-order valence-corrected chi connectivity index (χ0v) is 19.0. The number of benzene rings is 3. The van der Waals surface area contributed by atoms with Crippen molar-refractivity contribution in [3.05, 3.63) is 118 Å². The lowest BCUT2D eigenvalue weighted by molar-refractivity contribution is 0.101. The first-order chi connectivity index (χ1) is 17.4. The van der Waals surface area contributed by atoms with Crippen LogP contribution >= 0.6 is 0 Å². The van der Waals surface area contributed by atoms with Crippen molar-refractivity contribution in [2.75, 3.05) is 10.6 Å². The molecule has 0 spiro atoms. The van der Waals surface area contributed by atoms with Gasteiger partial charge in [0.25, 0.3) is 17.4 Å². The minimum absolute atomic E-state index is 0.0120. The summed E-state index contributed by atoms with van der Waals surface area (Å²) in [5, 5.41) is 10.2. The number of carbonyl (C=O) groups is 2. The van der Waals surface area contributed by atoms with Gasteiger partial charge in [0.15, 0.2) is 5.69 Å². The molecule has 5 rings (SSSR count). The number of aromatic nitrogens is 2. The average Bonchev–Trinajstić information content (AvgIpc) is 3.33. The van der Waals surface area contributed by atoms with E-state index in [1.807, 2.05) is 6.07 Å². The molecule has 2 aromatic heterocycles. The number of rotatable bonds is 5. The minimum atomic E-state index is -0.677. The number of para-hydroxylation sites is 1. The van der Waals surface area contributed by atoms with Gasteiger partial charge in [-0.05, 0) is 49.4 Å². The molecule has 0 saturated carbocycles. The van der Waals surface area contributed by atoms with Gasteiger partial charge in [0, 0.05) is 11.1 Å². The standard InChI is InChI=1S/C27H19FN4O4/c1-16-19(13-14-36-16)25(33)30-23-15-17(11-12-22(23)28)29-26(34)24-20-9-5-6-10-21(20)27(35)32(31-24)18-7-3-2-4-8-18/h2-15H,1H3,(H,29,34)(H,30,33). The molecule has 178 valence electrons. The molecule has 5 aromatic rings. The van der Waals surface area contributed by atoms with Gasteiger partial charge in [0.2, 0.25) is 0 Å². The fraction of sp³-hybridized carbons (Fsp3) is 0.0370. The first-order valence-electron chi connectivity index (χ1n) is 11.0. The molecule has 9 heteroatoms. The van der Waals surface area contributed by atoms with E-state index < -0.39 is 17.6 Å². The summed E-state index contributed by atoms with van der Waals surface area (Å²) in [6.07, 6.45) is 1.36. The van der Waals surface area contributed by atoms with Gasteiger partial charge in [0.1, 0.15) is 11.6 Å². The van der Waals surface area contributed by atoms with Crippen molar-refractivity contribution < 1.29 is 18.4 Å². The molecule has 2 heterocycles. The normalized spacial score (nSPS) is 10.8. The fourth-order valence-electron chi connectivity index (χ4n) is 3.80. The molecule has 0 unspecified atom stereocenters. The summed E-state index contributed by atoms with van der Waals surface area (Å²) in [4.78, 5) is 38.8. The van der Waals surface area contributed by atoms with Crippen molar-refractivity contribution in [2.24, 2.45) is 0 Å². The summed E-state index contributed by atoms with van der Waals surface area (Å²) in [7, 11) is 0. The van der Waals surface area contributed by atoms with Gasteiger partial charge in [0.05, 0.1) is 28.6 Å². The van der Waals surface area contributed by atoms with Gasteiger partial charge in [-0.3, -0.25) is 14.4 Å². The van der Waals surface area contributed by atoms with Gasteiger partial charge in [-0.1, -0.05) is 36.4 Å². The minimum Gasteiger partial charge on any atom is -0.469 e. The number of aryl methyl sites for hydroxylation is 1. The highest BCUT2D eigenvalue weighted by atomic mass is 19.1. The van der Waals surface area contributed by atoms with E-state index in [1.165, 1.54) is 29.1 Å². The number of amides is 2. The van der Waals surface area contributed by atoms with Crippen LogP contribution < -0.4 is 16.2 Å². The number of hydrogen-bond donors (Lipinski definition) is 2. The zero-order chi connectivity index (χ0) is 25.2. The second-order valence-electron chi connectivity index (χ2n) is 7.94. The molecular weight excluding hydrogens is 463 g/mol. The molecule has 3 aromatic carbocycles. The molecule has 0 aliphatic rings. The van der Waals surface area contributed by atoms with Crippen molar-refractivity contribution in [1.82, 2.24) is 9.78 Å². The summed E-state index contributed by atoms with van der Waals surface area (Å²) in [5.41, 5.74) is 0.522. The first-order valence-corrected chi connectivity index (χ1v) is 11.0. The van der Waals surface area contributed by atoms with Crippen molar-refractivity contribution in [1.29, 1.82) is 0 Å². The van der Waals surface area contributed by atoms with E-state index in [4.69, 9.17) is 4.42 Å². The Labute approximate surface area is 204 Å². The second-order valence-corrected chi connectivity index (χ2v) is 7.94. The SMILES string of the molecule is Cc1occc1C(=O)Nc1cc(NC(=O)c2nn(-c3ccccc3)c(=O)c3ccccc23)ccc1F. The van der Waals surface area contributed by atoms with Crippen molar-refractivity contribution in [3.8, 4) is 5.69 Å². The largest absolute Gasteiger partial charge is 0.469 e. The highest BCUT2D eigenvalue weighted by molar-refractivity contribution is 6.11. The lowest BCUT2D eigenvalue weighted by atomic mass is 10.1. The summed E-state index contributed by atoms with van der Waals surface area (Å²) in [6.45, 7) is 1.62. The third-order valence-corrected chi connectivity index (χ3v) is 5.60. The van der Waals surface area contributed by atoms with Gasteiger partial charge < -0.3 is 15.1 Å². The summed E-state index contributed by atoms with van der Waals surface area (Å²) in [5.74, 6) is -1.44. The zero-order valence-electron chi connectivity index (χ0n) is 19.0. The summed E-state index contributed by atoms with van der Waals surface area (Å²) in [6, 6.07) is 20.7. The number of anilines is 2. The Hall–Kier alpha value is -5.05. The van der Waals surface area contributed by atoms with E-state index in [9.17, 15) is 18.8 Å². The van der Waals surface area contributed by atoms with Crippen molar-refractivity contribution in [2.45, 2.75) is 6.92 Å². The quantitative estimate of drug-likeness (QED) is 0.369. The van der Waals surface area contributed by atoms with Crippen LogP contribution in [0.5, 0.6) is 0 Å². The van der Waals surface area contributed by atoms with Gasteiger partial charge in [-0.25, -0.2) is 4.39 Å². The van der Waals surface area contributed by atoms with Crippen LogP contribution in [0.15, 0.2) is 94.3 Å². The maximum absolute atomic E-state index is 14.4. The summed E-state index contributed by atoms with van der Waals surface area (Å²) < 4.78 is 20.7. The Bertz CT molecular complexity index is 1670. The fourth-order valence-corrected chi connectivity index (χ4v) is 3.80. The molecule has 0 aliphatic carbocycles. The molecule has 36 heavy (non-hydrogen) atoms. The van der Waals surface area contributed by atoms with Crippen LogP contribution in [0.4, 0.5) is 15.8 Å². The van der Waals surface area contributed by atoms with Gasteiger partial charge in [-0.15, -0.1) is 0 Å². The topological polar surface area (TPSA) is 106 Å².